The first-order valence-electron chi connectivity index (χ1n) is 8.76. The Morgan fingerprint density at radius 1 is 1.22 bits per heavy atom. The fourth-order valence-corrected chi connectivity index (χ4v) is 3.90. The van der Waals surface area contributed by atoms with Crippen molar-refractivity contribution in [3.05, 3.63) is 58.5 Å². The van der Waals surface area contributed by atoms with Gasteiger partial charge in [0.1, 0.15) is 5.75 Å². The van der Waals surface area contributed by atoms with Crippen molar-refractivity contribution >= 4 is 28.1 Å². The van der Waals surface area contributed by atoms with Crippen LogP contribution in [-0.2, 0) is 11.2 Å². The Morgan fingerprint density at radius 2 is 2.00 bits per heavy atom. The minimum absolute atomic E-state index is 0.0604. The molecule has 0 aliphatic rings. The highest BCUT2D eigenvalue weighted by Crippen LogP contribution is 2.36. The van der Waals surface area contributed by atoms with Crippen molar-refractivity contribution in [2.75, 3.05) is 11.9 Å². The third-order valence-electron chi connectivity index (χ3n) is 4.07. The predicted octanol–water partition coefficient (Wildman–Crippen LogP) is 5.20. The number of nitrogens with zero attached hydrogens (tertiary/aromatic N) is 1. The summed E-state index contributed by atoms with van der Waals surface area (Å²) in [4.78, 5) is 16.8. The maximum absolute atomic E-state index is 11.3. The normalized spacial score (nSPS) is 10.6. The SMILES string of the molecule is CCOc1ccccc1Nc1nc(-c2ccc(C)cc2C)c(CC(=O)O)s1. The Bertz CT molecular complexity index is 966. The Morgan fingerprint density at radius 3 is 2.70 bits per heavy atom. The van der Waals surface area contributed by atoms with Gasteiger partial charge in [-0.25, -0.2) is 4.98 Å². The lowest BCUT2D eigenvalue weighted by atomic mass is 10.0. The number of nitrogens with one attached hydrogen (secondary N) is 1. The van der Waals surface area contributed by atoms with Crippen molar-refractivity contribution in [2.24, 2.45) is 0 Å². The van der Waals surface area contributed by atoms with Gasteiger partial charge in [0.2, 0.25) is 0 Å². The van der Waals surface area contributed by atoms with Crippen molar-refractivity contribution in [3.63, 3.8) is 0 Å². The summed E-state index contributed by atoms with van der Waals surface area (Å²) in [6.07, 6.45) is -0.0604. The molecule has 0 aliphatic heterocycles. The Balaban J connectivity index is 2.01. The minimum atomic E-state index is -0.870. The molecular formula is C21H22N2O3S. The first-order chi connectivity index (χ1) is 13.0. The van der Waals surface area contributed by atoms with E-state index in [-0.39, 0.29) is 6.42 Å². The third kappa shape index (κ3) is 4.46. The second-order valence-corrected chi connectivity index (χ2v) is 7.32. The van der Waals surface area contributed by atoms with Crippen LogP contribution in [0.15, 0.2) is 42.5 Å². The number of hydrogen-bond acceptors (Lipinski definition) is 5. The number of anilines is 2. The summed E-state index contributed by atoms with van der Waals surface area (Å²) in [7, 11) is 0. The van der Waals surface area contributed by atoms with Gasteiger partial charge in [0.25, 0.3) is 0 Å². The van der Waals surface area contributed by atoms with E-state index >= 15 is 0 Å². The van der Waals surface area contributed by atoms with Crippen LogP contribution < -0.4 is 10.1 Å². The van der Waals surface area contributed by atoms with Crippen LogP contribution in [0, 0.1) is 13.8 Å². The summed E-state index contributed by atoms with van der Waals surface area (Å²) < 4.78 is 5.65. The smallest absolute Gasteiger partial charge is 0.308 e. The molecule has 0 radical (unpaired) electrons. The molecule has 6 heteroatoms. The molecular weight excluding hydrogens is 360 g/mol. The highest BCUT2D eigenvalue weighted by molar-refractivity contribution is 7.16. The van der Waals surface area contributed by atoms with Gasteiger partial charge in [-0.3, -0.25) is 4.79 Å². The second-order valence-electron chi connectivity index (χ2n) is 6.23. The second kappa shape index (κ2) is 8.22. The van der Waals surface area contributed by atoms with Crippen LogP contribution in [-0.4, -0.2) is 22.7 Å². The molecule has 0 aliphatic carbocycles. The topological polar surface area (TPSA) is 71.5 Å². The van der Waals surface area contributed by atoms with Gasteiger partial charge < -0.3 is 15.2 Å². The number of para-hydroxylation sites is 2. The van der Waals surface area contributed by atoms with Crippen LogP contribution in [0.3, 0.4) is 0 Å². The zero-order valence-electron chi connectivity index (χ0n) is 15.6. The number of thiazole rings is 1. The van der Waals surface area contributed by atoms with E-state index in [1.165, 1.54) is 11.3 Å². The number of carboxylic acids is 1. The maximum Gasteiger partial charge on any atom is 0.308 e. The molecule has 0 fully saturated rings. The van der Waals surface area contributed by atoms with Crippen LogP contribution in [0.1, 0.15) is 22.9 Å². The first-order valence-corrected chi connectivity index (χ1v) is 9.57. The van der Waals surface area contributed by atoms with Gasteiger partial charge in [0, 0.05) is 10.4 Å². The van der Waals surface area contributed by atoms with E-state index in [2.05, 4.69) is 11.4 Å². The van der Waals surface area contributed by atoms with Crippen LogP contribution in [0.2, 0.25) is 0 Å². The molecule has 0 saturated carbocycles. The predicted molar refractivity (Wildman–Crippen MR) is 109 cm³/mol. The van der Waals surface area contributed by atoms with Gasteiger partial charge in [-0.2, -0.15) is 0 Å². The molecule has 0 saturated heterocycles. The number of aliphatic carboxylic acids is 1. The fourth-order valence-electron chi connectivity index (χ4n) is 2.92. The van der Waals surface area contributed by atoms with E-state index in [9.17, 15) is 9.90 Å². The van der Waals surface area contributed by atoms with E-state index in [4.69, 9.17) is 9.72 Å². The summed E-state index contributed by atoms with van der Waals surface area (Å²) in [5, 5.41) is 13.2. The van der Waals surface area contributed by atoms with Crippen molar-refractivity contribution in [3.8, 4) is 17.0 Å². The number of hydrogen-bond donors (Lipinski definition) is 2. The molecule has 1 heterocycles. The molecule has 140 valence electrons. The van der Waals surface area contributed by atoms with Crippen molar-refractivity contribution < 1.29 is 14.6 Å². The summed E-state index contributed by atoms with van der Waals surface area (Å²) in [6, 6.07) is 13.7. The number of aromatic nitrogens is 1. The molecule has 2 aromatic carbocycles. The van der Waals surface area contributed by atoms with E-state index in [0.29, 0.717) is 11.7 Å². The number of carbonyl (C=O) groups is 1. The van der Waals surface area contributed by atoms with Crippen LogP contribution in [0.4, 0.5) is 10.8 Å². The van der Waals surface area contributed by atoms with Gasteiger partial charge >= 0.3 is 5.97 Å². The van der Waals surface area contributed by atoms with Crippen molar-refractivity contribution in [1.82, 2.24) is 4.98 Å². The summed E-state index contributed by atoms with van der Waals surface area (Å²) in [5.74, 6) is -0.131. The molecule has 5 nitrogen and oxygen atoms in total. The number of aryl methyl sites for hydroxylation is 2. The molecule has 0 spiro atoms. The minimum Gasteiger partial charge on any atom is -0.492 e. The van der Waals surface area contributed by atoms with Crippen LogP contribution in [0.25, 0.3) is 11.3 Å². The van der Waals surface area contributed by atoms with Crippen molar-refractivity contribution in [2.45, 2.75) is 27.2 Å². The third-order valence-corrected chi connectivity index (χ3v) is 5.05. The molecule has 0 unspecified atom stereocenters. The Kier molecular flexibility index (Phi) is 5.76. The molecule has 1 aromatic heterocycles. The lowest BCUT2D eigenvalue weighted by molar-refractivity contribution is -0.136. The molecule has 3 aromatic rings. The highest BCUT2D eigenvalue weighted by Gasteiger charge is 2.18. The Hall–Kier alpha value is -2.86. The molecule has 0 bridgehead atoms. The highest BCUT2D eigenvalue weighted by atomic mass is 32.1. The molecule has 27 heavy (non-hydrogen) atoms. The van der Waals surface area contributed by atoms with Gasteiger partial charge in [-0.15, -0.1) is 11.3 Å². The van der Waals surface area contributed by atoms with Gasteiger partial charge in [0.05, 0.1) is 24.4 Å². The zero-order chi connectivity index (χ0) is 19.4. The summed E-state index contributed by atoms with van der Waals surface area (Å²) >= 11 is 1.36. The average molecular weight is 382 g/mol. The quantitative estimate of drug-likeness (QED) is 0.588. The number of ether oxygens (including phenoxy) is 1. The lowest BCUT2D eigenvalue weighted by Gasteiger charge is -2.10. The average Bonchev–Trinajstić information content (AvgIpc) is 2.98. The standard InChI is InChI=1S/C21H22N2O3S/c1-4-26-17-8-6-5-7-16(17)22-21-23-20(18(27-21)12-19(24)25)15-10-9-13(2)11-14(15)3/h5-11H,4,12H2,1-3H3,(H,22,23)(H,24,25). The number of carboxylic acid groups (broad SMARTS) is 1. The maximum atomic E-state index is 11.3. The van der Waals surface area contributed by atoms with Crippen LogP contribution >= 0.6 is 11.3 Å². The fraction of sp³-hybridized carbons (Fsp3) is 0.238. The largest absolute Gasteiger partial charge is 0.492 e. The lowest BCUT2D eigenvalue weighted by Crippen LogP contribution is -2.00. The summed E-state index contributed by atoms with van der Waals surface area (Å²) in [6.45, 7) is 6.55. The summed E-state index contributed by atoms with van der Waals surface area (Å²) in [5.41, 5.74) is 4.72. The van der Waals surface area contributed by atoms with E-state index in [1.54, 1.807) is 0 Å². The Labute approximate surface area is 162 Å². The van der Waals surface area contributed by atoms with E-state index in [0.717, 1.165) is 38.7 Å². The first kappa shape index (κ1) is 18.9. The molecule has 0 amide bonds. The van der Waals surface area contributed by atoms with E-state index in [1.807, 2.05) is 57.2 Å². The number of rotatable bonds is 7. The van der Waals surface area contributed by atoms with E-state index < -0.39 is 5.97 Å². The molecule has 3 rings (SSSR count). The monoisotopic (exact) mass is 382 g/mol. The van der Waals surface area contributed by atoms with Crippen LogP contribution in [0.5, 0.6) is 5.75 Å². The van der Waals surface area contributed by atoms with Gasteiger partial charge in [-0.05, 0) is 38.5 Å². The van der Waals surface area contributed by atoms with Gasteiger partial charge in [0.15, 0.2) is 5.13 Å². The van der Waals surface area contributed by atoms with Crippen molar-refractivity contribution in [1.29, 1.82) is 0 Å². The zero-order valence-corrected chi connectivity index (χ0v) is 16.4. The number of benzene rings is 2. The molecule has 2 N–H and O–H groups in total. The molecule has 0 atom stereocenters. The van der Waals surface area contributed by atoms with Gasteiger partial charge in [-0.1, -0.05) is 35.9 Å².